The summed E-state index contributed by atoms with van der Waals surface area (Å²) in [5.41, 5.74) is 0.100. The third-order valence-electron chi connectivity index (χ3n) is 1.97. The Balaban J connectivity index is 3.21. The molecule has 0 spiro atoms. The molecule has 0 aromatic heterocycles. The van der Waals surface area contributed by atoms with E-state index in [0.29, 0.717) is 0 Å². The first-order chi connectivity index (χ1) is 6.56. The van der Waals surface area contributed by atoms with Gasteiger partial charge in [0.15, 0.2) is 0 Å². The van der Waals surface area contributed by atoms with Crippen LogP contribution in [-0.2, 0) is 0 Å². The molecule has 1 nitrogen and oxygen atoms in total. The van der Waals surface area contributed by atoms with Gasteiger partial charge in [-0.1, -0.05) is 18.9 Å². The number of aliphatic imine (C=N–C) groups is 1. The van der Waals surface area contributed by atoms with Crippen molar-refractivity contribution in [2.24, 2.45) is 4.99 Å². The second kappa shape index (κ2) is 7.78. The van der Waals surface area contributed by atoms with Crippen LogP contribution in [0.2, 0.25) is 0 Å². The fourth-order valence-electron chi connectivity index (χ4n) is 1.22. The van der Waals surface area contributed by atoms with E-state index >= 15 is 0 Å². The zero-order valence-electron chi connectivity index (χ0n) is 10.1. The number of nitrogens with zero attached hydrogens (tertiary/aromatic N) is 1. The molecule has 0 amide bonds. The first-order valence-corrected chi connectivity index (χ1v) is 5.71. The van der Waals surface area contributed by atoms with Gasteiger partial charge >= 0.3 is 0 Å². The Hall–Kier alpha value is -0.590. The van der Waals surface area contributed by atoms with Crippen molar-refractivity contribution in [1.82, 2.24) is 0 Å². The lowest BCUT2D eigenvalue weighted by atomic mass is 10.1. The summed E-state index contributed by atoms with van der Waals surface area (Å²) in [6.07, 6.45) is 11.6. The second-order valence-electron chi connectivity index (χ2n) is 4.76. The molecular formula is C13H25N. The van der Waals surface area contributed by atoms with Gasteiger partial charge in [-0.3, -0.25) is 4.99 Å². The van der Waals surface area contributed by atoms with E-state index in [2.05, 4.69) is 38.6 Å². The number of unbranched alkanes of at least 4 members (excludes halogenated alkanes) is 5. The van der Waals surface area contributed by atoms with Gasteiger partial charge in [-0.15, -0.1) is 6.58 Å². The highest BCUT2D eigenvalue weighted by Gasteiger charge is 2.03. The summed E-state index contributed by atoms with van der Waals surface area (Å²) >= 11 is 0. The topological polar surface area (TPSA) is 12.4 Å². The van der Waals surface area contributed by atoms with E-state index in [4.69, 9.17) is 0 Å². The van der Waals surface area contributed by atoms with Gasteiger partial charge < -0.3 is 0 Å². The minimum Gasteiger partial charge on any atom is -0.292 e. The first kappa shape index (κ1) is 13.4. The van der Waals surface area contributed by atoms with Crippen LogP contribution < -0.4 is 0 Å². The summed E-state index contributed by atoms with van der Waals surface area (Å²) < 4.78 is 0. The zero-order chi connectivity index (χ0) is 10.9. The maximum atomic E-state index is 4.45. The highest BCUT2D eigenvalue weighted by molar-refractivity contribution is 5.57. The maximum Gasteiger partial charge on any atom is 0.0520 e. The van der Waals surface area contributed by atoms with E-state index in [9.17, 15) is 0 Å². The van der Waals surface area contributed by atoms with Crippen LogP contribution in [0.5, 0.6) is 0 Å². The van der Waals surface area contributed by atoms with Crippen LogP contribution in [-0.4, -0.2) is 11.8 Å². The van der Waals surface area contributed by atoms with Gasteiger partial charge in [0.05, 0.1) is 5.54 Å². The zero-order valence-corrected chi connectivity index (χ0v) is 10.1. The molecule has 0 N–H and O–H groups in total. The van der Waals surface area contributed by atoms with Gasteiger partial charge in [-0.25, -0.2) is 0 Å². The Kier molecular flexibility index (Phi) is 7.45. The average Bonchev–Trinajstić information content (AvgIpc) is 2.08. The van der Waals surface area contributed by atoms with Crippen LogP contribution in [0.15, 0.2) is 17.6 Å². The van der Waals surface area contributed by atoms with E-state index in [-0.39, 0.29) is 5.54 Å². The summed E-state index contributed by atoms with van der Waals surface area (Å²) in [6.45, 7) is 10.1. The van der Waals surface area contributed by atoms with Gasteiger partial charge in [0, 0.05) is 0 Å². The number of hydrogen-bond donors (Lipinski definition) is 0. The number of rotatable bonds is 7. The number of hydrogen-bond acceptors (Lipinski definition) is 1. The Bertz CT molecular complexity index is 163. The molecule has 0 radical (unpaired) electrons. The van der Waals surface area contributed by atoms with Crippen molar-refractivity contribution in [3.8, 4) is 0 Å². The molecular weight excluding hydrogens is 170 g/mol. The molecule has 0 aliphatic rings. The lowest BCUT2D eigenvalue weighted by Crippen LogP contribution is -2.09. The predicted octanol–water partition coefficient (Wildman–Crippen LogP) is 4.38. The quantitative estimate of drug-likeness (QED) is 0.325. The smallest absolute Gasteiger partial charge is 0.0520 e. The maximum absolute atomic E-state index is 4.45. The molecule has 14 heavy (non-hydrogen) atoms. The van der Waals surface area contributed by atoms with Crippen LogP contribution in [0.4, 0.5) is 0 Å². The Morgan fingerprint density at radius 3 is 2.07 bits per heavy atom. The summed E-state index contributed by atoms with van der Waals surface area (Å²) in [7, 11) is 0. The molecule has 0 heterocycles. The molecule has 0 aromatic carbocycles. The SMILES string of the molecule is C=CCCCCCCC=NC(C)(C)C. The molecule has 0 atom stereocenters. The summed E-state index contributed by atoms with van der Waals surface area (Å²) in [6, 6.07) is 0. The van der Waals surface area contributed by atoms with E-state index in [1.54, 1.807) is 0 Å². The van der Waals surface area contributed by atoms with Crippen LogP contribution in [0.25, 0.3) is 0 Å². The van der Waals surface area contributed by atoms with Crippen molar-refractivity contribution < 1.29 is 0 Å². The van der Waals surface area contributed by atoms with Crippen LogP contribution in [0, 0.1) is 0 Å². The van der Waals surface area contributed by atoms with E-state index in [1.807, 2.05) is 6.08 Å². The summed E-state index contributed by atoms with van der Waals surface area (Å²) in [5.74, 6) is 0. The Labute approximate surface area is 89.3 Å². The number of allylic oxidation sites excluding steroid dienone is 1. The van der Waals surface area contributed by atoms with Gasteiger partial charge in [-0.05, 0) is 52.7 Å². The summed E-state index contributed by atoms with van der Waals surface area (Å²) in [5, 5.41) is 0. The molecule has 1 heteroatoms. The van der Waals surface area contributed by atoms with Crippen molar-refractivity contribution in [3.05, 3.63) is 12.7 Å². The third kappa shape index (κ3) is 11.4. The molecule has 82 valence electrons. The summed E-state index contributed by atoms with van der Waals surface area (Å²) in [4.78, 5) is 4.45. The molecule has 0 aromatic rings. The molecule has 0 aliphatic heterocycles. The van der Waals surface area contributed by atoms with E-state index in [0.717, 1.165) is 12.8 Å². The van der Waals surface area contributed by atoms with Crippen molar-refractivity contribution in [2.75, 3.05) is 0 Å². The normalized spacial score (nSPS) is 12.2. The van der Waals surface area contributed by atoms with Crippen LogP contribution >= 0.6 is 0 Å². The van der Waals surface area contributed by atoms with E-state index in [1.165, 1.54) is 25.7 Å². The van der Waals surface area contributed by atoms with Gasteiger partial charge in [-0.2, -0.15) is 0 Å². The molecule has 0 fully saturated rings. The Morgan fingerprint density at radius 1 is 1.00 bits per heavy atom. The monoisotopic (exact) mass is 195 g/mol. The highest BCUT2D eigenvalue weighted by atomic mass is 14.8. The Morgan fingerprint density at radius 2 is 1.57 bits per heavy atom. The van der Waals surface area contributed by atoms with Crippen LogP contribution in [0.3, 0.4) is 0 Å². The molecule has 0 saturated heterocycles. The third-order valence-corrected chi connectivity index (χ3v) is 1.97. The minimum absolute atomic E-state index is 0.100. The largest absolute Gasteiger partial charge is 0.292 e. The molecule has 0 rings (SSSR count). The predicted molar refractivity (Wildman–Crippen MR) is 66.1 cm³/mol. The fourth-order valence-corrected chi connectivity index (χ4v) is 1.22. The van der Waals surface area contributed by atoms with Crippen LogP contribution in [0.1, 0.15) is 59.3 Å². The van der Waals surface area contributed by atoms with Crippen molar-refractivity contribution in [2.45, 2.75) is 64.8 Å². The molecule has 0 saturated carbocycles. The lowest BCUT2D eigenvalue weighted by Gasteiger charge is -2.10. The molecule has 0 aliphatic carbocycles. The standard InChI is InChI=1S/C13H25N/c1-5-6-7-8-9-10-11-12-14-13(2,3)4/h5,12H,1,6-11H2,2-4H3. The van der Waals surface area contributed by atoms with Crippen molar-refractivity contribution >= 4 is 6.21 Å². The molecule has 0 unspecified atom stereocenters. The van der Waals surface area contributed by atoms with E-state index < -0.39 is 0 Å². The van der Waals surface area contributed by atoms with Crippen molar-refractivity contribution in [1.29, 1.82) is 0 Å². The van der Waals surface area contributed by atoms with Gasteiger partial charge in [0.2, 0.25) is 0 Å². The lowest BCUT2D eigenvalue weighted by molar-refractivity contribution is 0.582. The first-order valence-electron chi connectivity index (χ1n) is 5.71. The van der Waals surface area contributed by atoms with Crippen molar-refractivity contribution in [3.63, 3.8) is 0 Å². The van der Waals surface area contributed by atoms with Gasteiger partial charge in [0.1, 0.15) is 0 Å². The minimum atomic E-state index is 0.100. The average molecular weight is 195 g/mol. The second-order valence-corrected chi connectivity index (χ2v) is 4.76. The van der Waals surface area contributed by atoms with Gasteiger partial charge in [0.25, 0.3) is 0 Å². The highest BCUT2D eigenvalue weighted by Crippen LogP contribution is 2.07. The molecule has 0 bridgehead atoms. The fraction of sp³-hybridized carbons (Fsp3) is 0.769.